The van der Waals surface area contributed by atoms with E-state index in [1.165, 1.54) is 11.3 Å². The molecule has 0 aliphatic carbocycles. The van der Waals surface area contributed by atoms with Crippen LogP contribution in [0.2, 0.25) is 0 Å². The van der Waals surface area contributed by atoms with Gasteiger partial charge in [0.2, 0.25) is 11.8 Å². The van der Waals surface area contributed by atoms with Gasteiger partial charge < -0.3 is 10.2 Å². The summed E-state index contributed by atoms with van der Waals surface area (Å²) in [5.74, 6) is -0.355. The number of nitrogens with one attached hydrogen (secondary N) is 1. The summed E-state index contributed by atoms with van der Waals surface area (Å²) < 4.78 is 1.61. The van der Waals surface area contributed by atoms with Gasteiger partial charge in [-0.3, -0.25) is 9.59 Å². The summed E-state index contributed by atoms with van der Waals surface area (Å²) in [7, 11) is 0. The lowest BCUT2D eigenvalue weighted by Crippen LogP contribution is -2.51. The molecule has 0 aliphatic heterocycles. The molecule has 36 heavy (non-hydrogen) atoms. The highest BCUT2D eigenvalue weighted by atomic mass is 32.1. The highest BCUT2D eigenvalue weighted by molar-refractivity contribution is 7.10. The fraction of sp³-hybridized carbons (Fsp3) is 0.357. The molecule has 0 fully saturated rings. The minimum Gasteiger partial charge on any atom is -0.349 e. The maximum Gasteiger partial charge on any atom is 0.248 e. The van der Waals surface area contributed by atoms with E-state index >= 15 is 0 Å². The zero-order valence-corrected chi connectivity index (χ0v) is 22.1. The summed E-state index contributed by atoms with van der Waals surface area (Å²) in [6.07, 6.45) is 1.41. The minimum absolute atomic E-state index is 0.000651. The van der Waals surface area contributed by atoms with Gasteiger partial charge in [-0.25, -0.2) is 4.68 Å². The van der Waals surface area contributed by atoms with E-state index in [9.17, 15) is 9.59 Å². The number of hydrogen-bond donors (Lipinski definition) is 1. The molecule has 188 valence electrons. The number of carbonyl (C=O) groups excluding carboxylic acids is 2. The fourth-order valence-electron chi connectivity index (χ4n) is 4.13. The van der Waals surface area contributed by atoms with E-state index in [1.54, 1.807) is 9.58 Å². The number of rotatable bonds is 10. The third kappa shape index (κ3) is 5.99. The lowest BCUT2D eigenvalue weighted by Gasteiger charge is -2.34. The highest BCUT2D eigenvalue weighted by Gasteiger charge is 2.34. The van der Waals surface area contributed by atoms with Crippen LogP contribution in [0.25, 0.3) is 11.0 Å². The van der Waals surface area contributed by atoms with Crippen LogP contribution < -0.4 is 5.32 Å². The maximum atomic E-state index is 13.9. The molecule has 2 heterocycles. The Morgan fingerprint density at radius 3 is 2.64 bits per heavy atom. The van der Waals surface area contributed by atoms with Crippen molar-refractivity contribution in [2.24, 2.45) is 0 Å². The molecule has 8 heteroatoms. The Bertz CT molecular complexity index is 1330. The van der Waals surface area contributed by atoms with Gasteiger partial charge >= 0.3 is 0 Å². The first-order chi connectivity index (χ1) is 17.3. The number of hydrogen-bond acceptors (Lipinski definition) is 5. The third-order valence-corrected chi connectivity index (χ3v) is 7.39. The Hall–Kier alpha value is -3.52. The Morgan fingerprint density at radius 1 is 1.11 bits per heavy atom. The first-order valence-electron chi connectivity index (χ1n) is 12.3. The number of thiophene rings is 1. The highest BCUT2D eigenvalue weighted by Crippen LogP contribution is 2.28. The summed E-state index contributed by atoms with van der Waals surface area (Å²) >= 11 is 1.48. The van der Waals surface area contributed by atoms with E-state index in [4.69, 9.17) is 0 Å². The molecule has 2 amide bonds. The largest absolute Gasteiger partial charge is 0.349 e. The molecule has 2 aromatic heterocycles. The fourth-order valence-corrected chi connectivity index (χ4v) is 4.96. The average Bonchev–Trinajstić information content (AvgIpc) is 3.52. The first kappa shape index (κ1) is 25.6. The molecule has 2 aromatic carbocycles. The van der Waals surface area contributed by atoms with Gasteiger partial charge in [0.15, 0.2) is 0 Å². The van der Waals surface area contributed by atoms with E-state index in [1.807, 2.05) is 68.6 Å². The van der Waals surface area contributed by atoms with Gasteiger partial charge in [-0.15, -0.1) is 16.4 Å². The van der Waals surface area contributed by atoms with Crippen LogP contribution in [-0.4, -0.2) is 43.8 Å². The number of para-hydroxylation sites is 1. The van der Waals surface area contributed by atoms with Crippen molar-refractivity contribution in [2.75, 3.05) is 6.54 Å². The Morgan fingerprint density at radius 2 is 1.92 bits per heavy atom. The number of amides is 2. The number of fused-ring (bicyclic) bond motifs is 1. The topological polar surface area (TPSA) is 80.1 Å². The molecule has 7 nitrogen and oxygen atoms in total. The number of aryl methyl sites for hydroxylation is 1. The van der Waals surface area contributed by atoms with Crippen molar-refractivity contribution in [1.29, 1.82) is 0 Å². The van der Waals surface area contributed by atoms with Crippen molar-refractivity contribution in [2.45, 2.75) is 58.7 Å². The van der Waals surface area contributed by atoms with Gasteiger partial charge in [-0.1, -0.05) is 60.2 Å². The van der Waals surface area contributed by atoms with Gasteiger partial charge in [0.25, 0.3) is 0 Å². The van der Waals surface area contributed by atoms with Crippen LogP contribution in [0.5, 0.6) is 0 Å². The van der Waals surface area contributed by atoms with E-state index in [2.05, 4.69) is 40.8 Å². The van der Waals surface area contributed by atoms with Gasteiger partial charge in [0, 0.05) is 17.0 Å². The molecule has 0 unspecified atom stereocenters. The monoisotopic (exact) mass is 503 g/mol. The van der Waals surface area contributed by atoms with Crippen LogP contribution in [-0.2, 0) is 22.6 Å². The molecule has 4 aromatic rings. The minimum atomic E-state index is -0.733. The van der Waals surface area contributed by atoms with Crippen LogP contribution in [0.15, 0.2) is 66.0 Å². The lowest BCUT2D eigenvalue weighted by atomic mass is 10.0. The van der Waals surface area contributed by atoms with Crippen LogP contribution in [0.3, 0.4) is 0 Å². The van der Waals surface area contributed by atoms with Gasteiger partial charge in [0.05, 0.1) is 5.52 Å². The summed E-state index contributed by atoms with van der Waals surface area (Å²) in [6, 6.07) is 18.9. The molecule has 0 spiro atoms. The second-order valence-electron chi connectivity index (χ2n) is 9.71. The summed E-state index contributed by atoms with van der Waals surface area (Å²) in [6.45, 7) is 8.49. The molecule has 1 atom stereocenters. The van der Waals surface area contributed by atoms with Crippen molar-refractivity contribution in [1.82, 2.24) is 25.2 Å². The van der Waals surface area contributed by atoms with Crippen LogP contribution in [0.4, 0.5) is 0 Å². The van der Waals surface area contributed by atoms with Crippen molar-refractivity contribution in [3.8, 4) is 0 Å². The molecule has 0 aliphatic rings. The molecular formula is C28H33N5O2S. The molecule has 1 N–H and O–H groups in total. The predicted molar refractivity (Wildman–Crippen MR) is 144 cm³/mol. The van der Waals surface area contributed by atoms with Crippen molar-refractivity contribution in [3.63, 3.8) is 0 Å². The predicted octanol–water partition coefficient (Wildman–Crippen LogP) is 4.92. The summed E-state index contributed by atoms with van der Waals surface area (Å²) in [4.78, 5) is 30.1. The second kappa shape index (κ2) is 11.0. The Balaban J connectivity index is 1.68. The zero-order valence-electron chi connectivity index (χ0n) is 21.3. The quantitative estimate of drug-likeness (QED) is 0.333. The number of nitrogens with zero attached hydrogens (tertiary/aromatic N) is 4. The molecule has 0 radical (unpaired) electrons. The molecule has 4 rings (SSSR count). The smallest absolute Gasteiger partial charge is 0.248 e. The van der Waals surface area contributed by atoms with E-state index in [0.29, 0.717) is 13.0 Å². The molecule has 0 bridgehead atoms. The van der Waals surface area contributed by atoms with E-state index in [0.717, 1.165) is 33.5 Å². The number of aromatic nitrogens is 3. The average molecular weight is 504 g/mol. The van der Waals surface area contributed by atoms with Crippen molar-refractivity contribution >= 4 is 34.2 Å². The number of carbonyl (C=O) groups is 2. The Labute approximate surface area is 216 Å². The van der Waals surface area contributed by atoms with Crippen molar-refractivity contribution < 1.29 is 9.59 Å². The van der Waals surface area contributed by atoms with Crippen LogP contribution in [0, 0.1) is 6.92 Å². The Kier molecular flexibility index (Phi) is 7.84. The van der Waals surface area contributed by atoms with E-state index in [-0.39, 0.29) is 23.9 Å². The maximum absolute atomic E-state index is 13.9. The number of benzene rings is 2. The molecule has 0 saturated heterocycles. The van der Waals surface area contributed by atoms with Gasteiger partial charge in [-0.05, 0) is 62.8 Å². The normalized spacial score (nSPS) is 12.4. The van der Waals surface area contributed by atoms with Crippen LogP contribution in [0.1, 0.15) is 49.2 Å². The van der Waals surface area contributed by atoms with Crippen molar-refractivity contribution in [3.05, 3.63) is 82.0 Å². The van der Waals surface area contributed by atoms with E-state index < -0.39 is 6.04 Å². The second-order valence-corrected chi connectivity index (χ2v) is 10.7. The lowest BCUT2D eigenvalue weighted by molar-refractivity contribution is -0.142. The zero-order chi connectivity index (χ0) is 25.7. The SMILES string of the molecule is CCC(C)(C)NC(=O)[C@H](c1cccs1)N(CCc1cccc(C)c1)C(=O)Cn1nnc2ccccc21. The summed E-state index contributed by atoms with van der Waals surface area (Å²) in [5.41, 5.74) is 3.41. The summed E-state index contributed by atoms with van der Waals surface area (Å²) in [5, 5.41) is 13.5. The molecular weight excluding hydrogens is 470 g/mol. The standard InChI is InChI=1S/C28H33N5O2S/c1-5-28(3,4)29-27(35)26(24-14-9-17-36-24)32(16-15-21-11-8-10-20(2)18-21)25(34)19-33-23-13-7-6-12-22(23)30-31-33/h6-14,17-18,26H,5,15-16,19H2,1-4H3,(H,29,35)/t26-/m0/s1. The third-order valence-electron chi connectivity index (χ3n) is 6.47. The van der Waals surface area contributed by atoms with Gasteiger partial charge in [0.1, 0.15) is 18.1 Å². The first-order valence-corrected chi connectivity index (χ1v) is 13.1. The van der Waals surface area contributed by atoms with Crippen LogP contribution >= 0.6 is 11.3 Å². The van der Waals surface area contributed by atoms with Gasteiger partial charge in [-0.2, -0.15) is 0 Å². The molecule has 0 saturated carbocycles.